The Labute approximate surface area is 106 Å². The molecule has 0 aliphatic heterocycles. The molecule has 0 saturated heterocycles. The van der Waals surface area contributed by atoms with Gasteiger partial charge in [0.25, 0.3) is 0 Å². The van der Waals surface area contributed by atoms with Crippen LogP contribution in [0.5, 0.6) is 0 Å². The molecule has 0 N–H and O–H groups in total. The third-order valence-corrected chi connectivity index (χ3v) is 2.55. The highest BCUT2D eigenvalue weighted by molar-refractivity contribution is 5.81. The fraction of sp³-hybridized carbons (Fsp3) is 0.667. The number of hydrogen-bond acceptors (Lipinski definition) is 2. The Hall–Kier alpha value is -1.05. The molecule has 0 aromatic heterocycles. The maximum atomic E-state index is 10.7. The minimum absolute atomic E-state index is 0.314. The molecule has 0 unspecified atom stereocenters. The van der Waals surface area contributed by atoms with E-state index in [1.165, 1.54) is 44.6 Å². The second-order valence-corrected chi connectivity index (χ2v) is 4.19. The van der Waals surface area contributed by atoms with Crippen molar-refractivity contribution in [3.05, 3.63) is 24.8 Å². The van der Waals surface area contributed by atoms with Crippen LogP contribution in [0.4, 0.5) is 0 Å². The molecule has 98 valence electrons. The first-order chi connectivity index (χ1) is 8.31. The van der Waals surface area contributed by atoms with E-state index < -0.39 is 0 Å². The molecule has 0 aliphatic carbocycles. The van der Waals surface area contributed by atoms with Gasteiger partial charge in [0.15, 0.2) is 0 Å². The molecule has 0 heterocycles. The minimum Gasteiger partial charge on any atom is -0.463 e. The van der Waals surface area contributed by atoms with Gasteiger partial charge in [-0.25, -0.2) is 4.79 Å². The molecule has 2 nitrogen and oxygen atoms in total. The number of ether oxygens (including phenoxy) is 1. The Bertz CT molecular complexity index is 219. The van der Waals surface area contributed by atoms with Gasteiger partial charge < -0.3 is 4.74 Å². The Morgan fingerprint density at radius 2 is 1.71 bits per heavy atom. The first-order valence-corrected chi connectivity index (χ1v) is 6.75. The summed E-state index contributed by atoms with van der Waals surface area (Å²) in [7, 11) is 0. The van der Waals surface area contributed by atoms with E-state index in [4.69, 9.17) is 4.74 Å². The van der Waals surface area contributed by atoms with Crippen LogP contribution in [0.1, 0.15) is 58.3 Å². The van der Waals surface area contributed by atoms with Crippen molar-refractivity contribution in [2.75, 3.05) is 6.61 Å². The average molecular weight is 238 g/mol. The number of carbonyl (C=O) groups excluding carboxylic acids is 1. The van der Waals surface area contributed by atoms with E-state index in [0.29, 0.717) is 6.61 Å². The topological polar surface area (TPSA) is 26.3 Å². The van der Waals surface area contributed by atoms with Gasteiger partial charge in [-0.15, -0.1) is 0 Å². The van der Waals surface area contributed by atoms with Gasteiger partial charge in [0.05, 0.1) is 6.61 Å². The molecule has 0 aromatic carbocycles. The summed E-state index contributed by atoms with van der Waals surface area (Å²) in [5, 5.41) is 0. The molecule has 0 amide bonds. The lowest BCUT2D eigenvalue weighted by molar-refractivity contribution is -0.137. The highest BCUT2D eigenvalue weighted by atomic mass is 16.5. The second-order valence-electron chi connectivity index (χ2n) is 4.19. The average Bonchev–Trinajstić information content (AvgIpc) is 2.35. The summed E-state index contributed by atoms with van der Waals surface area (Å²) in [5.41, 5.74) is 0. The molecule has 0 bridgehead atoms. The molecule has 0 saturated carbocycles. The zero-order valence-corrected chi connectivity index (χ0v) is 11.1. The van der Waals surface area contributed by atoms with E-state index in [1.807, 2.05) is 0 Å². The first-order valence-electron chi connectivity index (χ1n) is 6.75. The van der Waals surface area contributed by atoms with Gasteiger partial charge in [0.1, 0.15) is 0 Å². The number of rotatable bonds is 11. The monoisotopic (exact) mass is 238 g/mol. The van der Waals surface area contributed by atoms with Crippen molar-refractivity contribution < 1.29 is 9.53 Å². The summed E-state index contributed by atoms with van der Waals surface area (Å²) in [4.78, 5) is 10.7. The molecule has 0 radical (unpaired) electrons. The van der Waals surface area contributed by atoms with Crippen molar-refractivity contribution >= 4 is 5.97 Å². The summed E-state index contributed by atoms with van der Waals surface area (Å²) < 4.78 is 4.90. The van der Waals surface area contributed by atoms with Crippen LogP contribution in [0.3, 0.4) is 0 Å². The molecule has 0 spiro atoms. The molecular formula is C15H26O2. The number of hydrogen-bond donors (Lipinski definition) is 0. The van der Waals surface area contributed by atoms with Crippen LogP contribution in [-0.2, 0) is 9.53 Å². The van der Waals surface area contributed by atoms with Gasteiger partial charge in [-0.1, -0.05) is 51.3 Å². The summed E-state index contributed by atoms with van der Waals surface area (Å²) in [6.45, 7) is 6.08. The number of carbonyl (C=O) groups is 1. The van der Waals surface area contributed by atoms with E-state index in [1.54, 1.807) is 0 Å². The standard InChI is InChI=1S/C15H26O2/c1-3-5-6-7-8-9-10-11-12-13-14-17-15(16)4-2/h4,6-7H,2-3,5,8-14H2,1H3. The van der Waals surface area contributed by atoms with Gasteiger partial charge in [-0.3, -0.25) is 0 Å². The normalized spacial score (nSPS) is 10.6. The second kappa shape index (κ2) is 13.0. The molecule has 0 aliphatic rings. The van der Waals surface area contributed by atoms with Crippen LogP contribution in [0.2, 0.25) is 0 Å². The van der Waals surface area contributed by atoms with E-state index in [0.717, 1.165) is 12.8 Å². The lowest BCUT2D eigenvalue weighted by Crippen LogP contribution is -2.01. The molecule has 0 atom stereocenters. The highest BCUT2D eigenvalue weighted by Gasteiger charge is 1.94. The SMILES string of the molecule is C=CC(=O)OCCCCCCCC=CCCC. The number of allylic oxidation sites excluding steroid dienone is 2. The smallest absolute Gasteiger partial charge is 0.330 e. The summed E-state index contributed by atoms with van der Waals surface area (Å²) in [5.74, 6) is -0.314. The van der Waals surface area contributed by atoms with Crippen molar-refractivity contribution in [3.8, 4) is 0 Å². The lowest BCUT2D eigenvalue weighted by atomic mass is 10.1. The van der Waals surface area contributed by atoms with Gasteiger partial charge in [0, 0.05) is 6.08 Å². The van der Waals surface area contributed by atoms with Gasteiger partial charge >= 0.3 is 5.97 Å². The lowest BCUT2D eigenvalue weighted by Gasteiger charge is -2.01. The number of esters is 1. The zero-order chi connectivity index (χ0) is 12.8. The molecule has 17 heavy (non-hydrogen) atoms. The van der Waals surface area contributed by atoms with Gasteiger partial charge in [-0.2, -0.15) is 0 Å². The van der Waals surface area contributed by atoms with E-state index in [-0.39, 0.29) is 5.97 Å². The maximum Gasteiger partial charge on any atom is 0.330 e. The van der Waals surface area contributed by atoms with Gasteiger partial charge in [0.2, 0.25) is 0 Å². The van der Waals surface area contributed by atoms with Crippen LogP contribution in [0.25, 0.3) is 0 Å². The van der Waals surface area contributed by atoms with Crippen LogP contribution >= 0.6 is 0 Å². The molecule has 0 rings (SSSR count). The predicted molar refractivity (Wildman–Crippen MR) is 72.9 cm³/mol. The van der Waals surface area contributed by atoms with E-state index >= 15 is 0 Å². The fourth-order valence-corrected chi connectivity index (χ4v) is 1.53. The summed E-state index contributed by atoms with van der Waals surface area (Å²) in [6.07, 6.45) is 15.3. The van der Waals surface area contributed by atoms with E-state index in [2.05, 4.69) is 25.7 Å². The minimum atomic E-state index is -0.314. The quantitative estimate of drug-likeness (QED) is 0.231. The van der Waals surface area contributed by atoms with Gasteiger partial charge in [-0.05, 0) is 25.7 Å². The highest BCUT2D eigenvalue weighted by Crippen LogP contribution is 2.06. The largest absolute Gasteiger partial charge is 0.463 e. The Morgan fingerprint density at radius 1 is 1.06 bits per heavy atom. The Morgan fingerprint density at radius 3 is 2.41 bits per heavy atom. The Balaban J connectivity index is 3.08. The fourth-order valence-electron chi connectivity index (χ4n) is 1.53. The molecular weight excluding hydrogens is 212 g/mol. The summed E-state index contributed by atoms with van der Waals surface area (Å²) in [6, 6.07) is 0. The third-order valence-electron chi connectivity index (χ3n) is 2.55. The van der Waals surface area contributed by atoms with Crippen molar-refractivity contribution in [2.24, 2.45) is 0 Å². The Kier molecular flexibility index (Phi) is 12.2. The van der Waals surface area contributed by atoms with Crippen LogP contribution in [-0.4, -0.2) is 12.6 Å². The predicted octanol–water partition coefficient (Wildman–Crippen LogP) is 4.41. The summed E-state index contributed by atoms with van der Waals surface area (Å²) >= 11 is 0. The van der Waals surface area contributed by atoms with Crippen LogP contribution < -0.4 is 0 Å². The molecule has 0 fully saturated rings. The van der Waals surface area contributed by atoms with Crippen molar-refractivity contribution in [3.63, 3.8) is 0 Å². The molecule has 2 heteroatoms. The number of unbranched alkanes of at least 4 members (excludes halogenated alkanes) is 6. The van der Waals surface area contributed by atoms with Crippen molar-refractivity contribution in [1.29, 1.82) is 0 Å². The zero-order valence-electron chi connectivity index (χ0n) is 11.1. The van der Waals surface area contributed by atoms with Crippen molar-refractivity contribution in [1.82, 2.24) is 0 Å². The van der Waals surface area contributed by atoms with Crippen molar-refractivity contribution in [2.45, 2.75) is 58.3 Å². The van der Waals surface area contributed by atoms with E-state index in [9.17, 15) is 4.79 Å². The van der Waals surface area contributed by atoms with Crippen LogP contribution in [0.15, 0.2) is 24.8 Å². The van der Waals surface area contributed by atoms with Crippen LogP contribution in [0, 0.1) is 0 Å². The first kappa shape index (κ1) is 16.0. The third kappa shape index (κ3) is 12.9. The maximum absolute atomic E-state index is 10.7. The molecule has 0 aromatic rings.